The Hall–Kier alpha value is -1.90. The lowest BCUT2D eigenvalue weighted by Crippen LogP contribution is -2.43. The zero-order valence-corrected chi connectivity index (χ0v) is 12.1. The van der Waals surface area contributed by atoms with E-state index in [1.807, 2.05) is 0 Å². The van der Waals surface area contributed by atoms with Crippen molar-refractivity contribution in [2.45, 2.75) is 18.9 Å². The number of likely N-dealkylation sites (tertiary alicyclic amines) is 1. The highest BCUT2D eigenvalue weighted by atomic mass is 19.1. The highest BCUT2D eigenvalue weighted by molar-refractivity contribution is 5.96. The normalized spacial score (nSPS) is 18.0. The van der Waals surface area contributed by atoms with Gasteiger partial charge in [0.1, 0.15) is 5.82 Å². The molecule has 1 unspecified atom stereocenters. The number of nitrogens with zero attached hydrogens (tertiary/aromatic N) is 1. The van der Waals surface area contributed by atoms with Crippen molar-refractivity contribution in [1.82, 2.24) is 4.90 Å². The van der Waals surface area contributed by atoms with Gasteiger partial charge in [0.15, 0.2) is 0 Å². The lowest BCUT2D eigenvalue weighted by atomic mass is 10.0. The molecule has 0 bridgehead atoms. The molecule has 1 amide bonds. The molecule has 1 atom stereocenters. The first-order valence-corrected chi connectivity index (χ1v) is 6.96. The van der Waals surface area contributed by atoms with Crippen molar-refractivity contribution in [3.05, 3.63) is 35.1 Å². The Labute approximate surface area is 124 Å². The fourth-order valence-corrected chi connectivity index (χ4v) is 2.43. The van der Waals surface area contributed by atoms with Gasteiger partial charge in [0.2, 0.25) is 0 Å². The number of rotatable bonds is 2. The largest absolute Gasteiger partial charge is 0.380 e. The van der Waals surface area contributed by atoms with E-state index < -0.39 is 5.82 Å². The van der Waals surface area contributed by atoms with E-state index in [-0.39, 0.29) is 24.1 Å². The molecule has 5 heteroatoms. The van der Waals surface area contributed by atoms with Crippen LogP contribution >= 0.6 is 0 Å². The van der Waals surface area contributed by atoms with Crippen molar-refractivity contribution >= 4 is 5.91 Å². The van der Waals surface area contributed by atoms with Gasteiger partial charge in [-0.15, -0.1) is 0 Å². The summed E-state index contributed by atoms with van der Waals surface area (Å²) < 4.78 is 18.8. The van der Waals surface area contributed by atoms with Crippen molar-refractivity contribution < 1.29 is 13.9 Å². The fourth-order valence-electron chi connectivity index (χ4n) is 2.43. The summed E-state index contributed by atoms with van der Waals surface area (Å²) in [6, 6.07) is 4.05. The summed E-state index contributed by atoms with van der Waals surface area (Å²) in [6.45, 7) is 1.37. The van der Waals surface area contributed by atoms with E-state index in [1.165, 1.54) is 18.2 Å². The Morgan fingerprint density at radius 2 is 2.38 bits per heavy atom. The Morgan fingerprint density at radius 1 is 1.57 bits per heavy atom. The molecule has 0 saturated carbocycles. The molecule has 1 saturated heterocycles. The maximum absolute atomic E-state index is 13.5. The summed E-state index contributed by atoms with van der Waals surface area (Å²) >= 11 is 0. The molecule has 21 heavy (non-hydrogen) atoms. The summed E-state index contributed by atoms with van der Waals surface area (Å²) in [4.78, 5) is 14.3. The molecule has 4 nitrogen and oxygen atoms in total. The van der Waals surface area contributed by atoms with Crippen LogP contribution in [0.2, 0.25) is 0 Å². The van der Waals surface area contributed by atoms with Crippen LogP contribution in [0.25, 0.3) is 0 Å². The number of ether oxygens (including phenoxy) is 1. The Bertz CT molecular complexity index is 577. The molecule has 1 aliphatic heterocycles. The number of amides is 1. The standard InChI is InChI=1S/C16H19FN2O2/c1-21-14-5-3-9-19(11-14)16(20)15-10-13(17)7-6-12(15)4-2-8-18/h6-7,10,14H,3,5,8-9,11,18H2,1H3. The van der Waals surface area contributed by atoms with Crippen LogP contribution in [-0.2, 0) is 4.74 Å². The summed E-state index contributed by atoms with van der Waals surface area (Å²) in [7, 11) is 1.64. The Morgan fingerprint density at radius 3 is 3.10 bits per heavy atom. The molecule has 0 spiro atoms. The maximum atomic E-state index is 13.5. The van der Waals surface area contributed by atoms with Crippen molar-refractivity contribution in [3.8, 4) is 11.8 Å². The number of nitrogens with two attached hydrogens (primary N) is 1. The summed E-state index contributed by atoms with van der Waals surface area (Å²) in [6.07, 6.45) is 1.85. The molecule has 1 fully saturated rings. The first kappa shape index (κ1) is 15.5. The third-order valence-electron chi connectivity index (χ3n) is 3.54. The van der Waals surface area contributed by atoms with Crippen LogP contribution in [0.5, 0.6) is 0 Å². The van der Waals surface area contributed by atoms with Gasteiger partial charge < -0.3 is 15.4 Å². The van der Waals surface area contributed by atoms with Gasteiger partial charge in [-0.05, 0) is 31.0 Å². The highest BCUT2D eigenvalue weighted by Gasteiger charge is 2.25. The van der Waals surface area contributed by atoms with Crippen molar-refractivity contribution in [2.75, 3.05) is 26.7 Å². The van der Waals surface area contributed by atoms with Crippen LogP contribution in [-0.4, -0.2) is 43.7 Å². The van der Waals surface area contributed by atoms with E-state index in [4.69, 9.17) is 10.5 Å². The molecule has 112 valence electrons. The predicted molar refractivity (Wildman–Crippen MR) is 78.3 cm³/mol. The Balaban J connectivity index is 2.27. The zero-order chi connectivity index (χ0) is 15.2. The highest BCUT2D eigenvalue weighted by Crippen LogP contribution is 2.18. The van der Waals surface area contributed by atoms with Crippen LogP contribution in [0, 0.1) is 17.7 Å². The molecule has 0 aliphatic carbocycles. The number of benzene rings is 1. The number of carbonyl (C=O) groups is 1. The number of carbonyl (C=O) groups excluding carboxylic acids is 1. The van der Waals surface area contributed by atoms with Crippen LogP contribution in [0.15, 0.2) is 18.2 Å². The van der Waals surface area contributed by atoms with E-state index in [0.717, 1.165) is 12.8 Å². The monoisotopic (exact) mass is 290 g/mol. The second-order valence-electron chi connectivity index (χ2n) is 4.95. The van der Waals surface area contributed by atoms with E-state index in [0.29, 0.717) is 18.7 Å². The summed E-state index contributed by atoms with van der Waals surface area (Å²) in [5, 5.41) is 0. The Kier molecular flexibility index (Phi) is 5.32. The van der Waals surface area contributed by atoms with Gasteiger partial charge in [-0.1, -0.05) is 11.8 Å². The number of hydrogen-bond acceptors (Lipinski definition) is 3. The van der Waals surface area contributed by atoms with Crippen molar-refractivity contribution in [1.29, 1.82) is 0 Å². The van der Waals surface area contributed by atoms with Gasteiger partial charge in [-0.2, -0.15) is 0 Å². The second kappa shape index (κ2) is 7.21. The van der Waals surface area contributed by atoms with Gasteiger partial charge >= 0.3 is 0 Å². The van der Waals surface area contributed by atoms with Crippen LogP contribution in [0.3, 0.4) is 0 Å². The number of methoxy groups -OCH3 is 1. The van der Waals surface area contributed by atoms with Crippen LogP contribution < -0.4 is 5.73 Å². The molecule has 2 rings (SSSR count). The van der Waals surface area contributed by atoms with Crippen molar-refractivity contribution in [3.63, 3.8) is 0 Å². The van der Waals surface area contributed by atoms with Crippen molar-refractivity contribution in [2.24, 2.45) is 5.73 Å². The van der Waals surface area contributed by atoms with Gasteiger partial charge in [-0.3, -0.25) is 4.79 Å². The minimum absolute atomic E-state index is 0.0369. The summed E-state index contributed by atoms with van der Waals surface area (Å²) in [5.74, 6) is 4.87. The van der Waals surface area contributed by atoms with E-state index in [9.17, 15) is 9.18 Å². The average molecular weight is 290 g/mol. The molecule has 0 radical (unpaired) electrons. The van der Waals surface area contributed by atoms with Gasteiger partial charge in [0.05, 0.1) is 18.2 Å². The third kappa shape index (κ3) is 3.81. The third-order valence-corrected chi connectivity index (χ3v) is 3.54. The minimum atomic E-state index is -0.447. The molecule has 1 heterocycles. The van der Waals surface area contributed by atoms with E-state index >= 15 is 0 Å². The minimum Gasteiger partial charge on any atom is -0.380 e. The maximum Gasteiger partial charge on any atom is 0.255 e. The van der Waals surface area contributed by atoms with Gasteiger partial charge in [0.25, 0.3) is 5.91 Å². The van der Waals surface area contributed by atoms with Gasteiger partial charge in [-0.25, -0.2) is 4.39 Å². The second-order valence-corrected chi connectivity index (χ2v) is 4.95. The number of hydrogen-bond donors (Lipinski definition) is 1. The first-order valence-electron chi connectivity index (χ1n) is 6.96. The molecule has 1 aromatic rings. The number of piperidine rings is 1. The predicted octanol–water partition coefficient (Wildman–Crippen LogP) is 1.39. The van der Waals surface area contributed by atoms with Crippen LogP contribution in [0.4, 0.5) is 4.39 Å². The molecule has 1 aromatic carbocycles. The molecule has 2 N–H and O–H groups in total. The molecule has 1 aliphatic rings. The molecular weight excluding hydrogens is 271 g/mol. The average Bonchev–Trinajstić information content (AvgIpc) is 2.53. The molecular formula is C16H19FN2O2. The van der Waals surface area contributed by atoms with E-state index in [2.05, 4.69) is 11.8 Å². The van der Waals surface area contributed by atoms with Gasteiger partial charge in [0, 0.05) is 25.8 Å². The SMILES string of the molecule is COC1CCCN(C(=O)c2cc(F)ccc2C#CCN)C1. The number of halogens is 1. The summed E-state index contributed by atoms with van der Waals surface area (Å²) in [5.41, 5.74) is 6.14. The lowest BCUT2D eigenvalue weighted by molar-refractivity contribution is 0.0268. The van der Waals surface area contributed by atoms with Crippen LogP contribution in [0.1, 0.15) is 28.8 Å². The first-order chi connectivity index (χ1) is 10.2. The van der Waals surface area contributed by atoms with E-state index in [1.54, 1.807) is 12.0 Å². The smallest absolute Gasteiger partial charge is 0.255 e. The quantitative estimate of drug-likeness (QED) is 0.837. The zero-order valence-electron chi connectivity index (χ0n) is 12.1. The molecule has 0 aromatic heterocycles. The lowest BCUT2D eigenvalue weighted by Gasteiger charge is -2.32. The fraction of sp³-hybridized carbons (Fsp3) is 0.438. The topological polar surface area (TPSA) is 55.6 Å².